The van der Waals surface area contributed by atoms with Gasteiger partial charge in [0.2, 0.25) is 5.91 Å². The number of aromatic nitrogens is 2. The molecule has 0 fully saturated rings. The minimum atomic E-state index is -0.518. The first kappa shape index (κ1) is 19.9. The third-order valence-corrected chi connectivity index (χ3v) is 4.83. The van der Waals surface area contributed by atoms with E-state index in [4.69, 9.17) is 16.3 Å². The summed E-state index contributed by atoms with van der Waals surface area (Å²) in [5, 5.41) is 7.32. The standard InChI is InChI=1S/C21H21ClFN3O2/c1-13-18(8-10-21(27)24-15-7-9-20(23)19(22)11-15)14(2)26(25-13)16-5-4-6-17(12-16)28-3/h4-7,9,11-12H,8,10H2,1-3H3,(H,24,27). The van der Waals surface area contributed by atoms with Gasteiger partial charge in [-0.05, 0) is 56.2 Å². The minimum Gasteiger partial charge on any atom is -0.497 e. The molecule has 3 aromatic rings. The van der Waals surface area contributed by atoms with E-state index in [1.165, 1.54) is 18.2 Å². The number of carbonyl (C=O) groups is 1. The second-order valence-corrected chi connectivity index (χ2v) is 6.85. The van der Waals surface area contributed by atoms with Crippen molar-refractivity contribution in [3.63, 3.8) is 0 Å². The molecule has 0 aliphatic rings. The number of halogens is 2. The Morgan fingerprint density at radius 2 is 2.04 bits per heavy atom. The van der Waals surface area contributed by atoms with E-state index in [0.717, 1.165) is 28.4 Å². The van der Waals surface area contributed by atoms with Crippen molar-refractivity contribution in [3.8, 4) is 11.4 Å². The van der Waals surface area contributed by atoms with E-state index in [2.05, 4.69) is 10.4 Å². The molecule has 1 amide bonds. The number of nitrogens with one attached hydrogen (secondary N) is 1. The lowest BCUT2D eigenvalue weighted by Crippen LogP contribution is -2.12. The van der Waals surface area contributed by atoms with E-state index in [9.17, 15) is 9.18 Å². The van der Waals surface area contributed by atoms with E-state index in [1.54, 1.807) is 7.11 Å². The van der Waals surface area contributed by atoms with Crippen LogP contribution in [-0.2, 0) is 11.2 Å². The predicted molar refractivity (Wildman–Crippen MR) is 108 cm³/mol. The summed E-state index contributed by atoms with van der Waals surface area (Å²) in [4.78, 5) is 12.3. The Morgan fingerprint density at radius 1 is 1.25 bits per heavy atom. The van der Waals surface area contributed by atoms with Gasteiger partial charge in [0.15, 0.2) is 0 Å². The molecule has 0 aliphatic carbocycles. The van der Waals surface area contributed by atoms with E-state index in [0.29, 0.717) is 12.1 Å². The average molecular weight is 402 g/mol. The van der Waals surface area contributed by atoms with Crippen molar-refractivity contribution in [3.05, 3.63) is 70.3 Å². The molecule has 0 atom stereocenters. The fraction of sp³-hybridized carbons (Fsp3) is 0.238. The van der Waals surface area contributed by atoms with Gasteiger partial charge in [0.05, 0.1) is 23.5 Å². The maximum absolute atomic E-state index is 13.2. The van der Waals surface area contributed by atoms with Gasteiger partial charge in [-0.3, -0.25) is 4.79 Å². The van der Waals surface area contributed by atoms with Gasteiger partial charge in [0.1, 0.15) is 11.6 Å². The molecule has 0 radical (unpaired) electrons. The fourth-order valence-corrected chi connectivity index (χ4v) is 3.25. The lowest BCUT2D eigenvalue weighted by Gasteiger charge is -2.08. The van der Waals surface area contributed by atoms with Gasteiger partial charge in [-0.25, -0.2) is 9.07 Å². The van der Waals surface area contributed by atoms with Crippen molar-refractivity contribution >= 4 is 23.2 Å². The number of hydrogen-bond donors (Lipinski definition) is 1. The molecule has 5 nitrogen and oxygen atoms in total. The molecule has 3 rings (SSSR count). The predicted octanol–water partition coefficient (Wildman–Crippen LogP) is 4.86. The van der Waals surface area contributed by atoms with Crippen LogP contribution in [0.25, 0.3) is 5.69 Å². The van der Waals surface area contributed by atoms with Crippen LogP contribution in [0.15, 0.2) is 42.5 Å². The number of anilines is 1. The molecule has 0 unspecified atom stereocenters. The van der Waals surface area contributed by atoms with Crippen LogP contribution in [0.1, 0.15) is 23.4 Å². The summed E-state index contributed by atoms with van der Waals surface area (Å²) < 4.78 is 20.4. The monoisotopic (exact) mass is 401 g/mol. The number of rotatable bonds is 6. The quantitative estimate of drug-likeness (QED) is 0.641. The molecule has 2 aromatic carbocycles. The summed E-state index contributed by atoms with van der Waals surface area (Å²) in [6.07, 6.45) is 0.822. The van der Waals surface area contributed by atoms with Gasteiger partial charge in [-0.1, -0.05) is 17.7 Å². The molecule has 1 heterocycles. The van der Waals surface area contributed by atoms with Crippen LogP contribution in [0.3, 0.4) is 0 Å². The van der Waals surface area contributed by atoms with Crippen molar-refractivity contribution < 1.29 is 13.9 Å². The van der Waals surface area contributed by atoms with Gasteiger partial charge in [0.25, 0.3) is 0 Å². The van der Waals surface area contributed by atoms with Crippen LogP contribution in [0.2, 0.25) is 5.02 Å². The molecule has 146 valence electrons. The van der Waals surface area contributed by atoms with Crippen molar-refractivity contribution in [2.45, 2.75) is 26.7 Å². The second-order valence-electron chi connectivity index (χ2n) is 6.44. The highest BCUT2D eigenvalue weighted by Crippen LogP contribution is 2.23. The topological polar surface area (TPSA) is 56.2 Å². The Bertz CT molecular complexity index is 1020. The van der Waals surface area contributed by atoms with E-state index < -0.39 is 5.82 Å². The highest BCUT2D eigenvalue weighted by Gasteiger charge is 2.15. The summed E-state index contributed by atoms with van der Waals surface area (Å²) in [6, 6.07) is 11.8. The molecule has 0 aliphatic heterocycles. The normalized spacial score (nSPS) is 10.8. The number of ether oxygens (including phenoxy) is 1. The van der Waals surface area contributed by atoms with Crippen molar-refractivity contribution in [1.29, 1.82) is 0 Å². The molecule has 0 spiro atoms. The van der Waals surface area contributed by atoms with Crippen LogP contribution in [-0.4, -0.2) is 22.8 Å². The van der Waals surface area contributed by atoms with E-state index >= 15 is 0 Å². The van der Waals surface area contributed by atoms with Crippen LogP contribution >= 0.6 is 11.6 Å². The zero-order valence-electron chi connectivity index (χ0n) is 15.9. The maximum atomic E-state index is 13.2. The lowest BCUT2D eigenvalue weighted by atomic mass is 10.1. The fourth-order valence-electron chi connectivity index (χ4n) is 3.07. The van der Waals surface area contributed by atoms with Gasteiger partial charge < -0.3 is 10.1 Å². The number of hydrogen-bond acceptors (Lipinski definition) is 3. The first-order valence-corrected chi connectivity index (χ1v) is 9.21. The molecule has 7 heteroatoms. The first-order valence-electron chi connectivity index (χ1n) is 8.83. The van der Waals surface area contributed by atoms with Crippen molar-refractivity contribution in [2.24, 2.45) is 0 Å². The number of benzene rings is 2. The molecular weight excluding hydrogens is 381 g/mol. The zero-order chi connectivity index (χ0) is 20.3. The van der Waals surface area contributed by atoms with Gasteiger partial charge in [-0.2, -0.15) is 5.10 Å². The molecule has 28 heavy (non-hydrogen) atoms. The Kier molecular flexibility index (Phi) is 5.99. The first-order chi connectivity index (χ1) is 13.4. The molecule has 1 N–H and O–H groups in total. The summed E-state index contributed by atoms with van der Waals surface area (Å²) in [6.45, 7) is 3.91. The van der Waals surface area contributed by atoms with Crippen LogP contribution in [0.4, 0.5) is 10.1 Å². The lowest BCUT2D eigenvalue weighted by molar-refractivity contribution is -0.116. The molecule has 0 saturated heterocycles. The number of methoxy groups -OCH3 is 1. The summed E-state index contributed by atoms with van der Waals surface area (Å²) >= 11 is 5.75. The van der Waals surface area contributed by atoms with Crippen LogP contribution < -0.4 is 10.1 Å². The minimum absolute atomic E-state index is 0.0240. The Hall–Kier alpha value is -2.86. The van der Waals surface area contributed by atoms with Gasteiger partial charge in [0, 0.05) is 23.9 Å². The highest BCUT2D eigenvalue weighted by molar-refractivity contribution is 6.31. The van der Waals surface area contributed by atoms with Crippen LogP contribution in [0.5, 0.6) is 5.75 Å². The number of carbonyl (C=O) groups excluding carboxylic acids is 1. The zero-order valence-corrected chi connectivity index (χ0v) is 16.7. The Morgan fingerprint density at radius 3 is 2.75 bits per heavy atom. The second kappa shape index (κ2) is 8.44. The molecule has 1 aromatic heterocycles. The summed E-state index contributed by atoms with van der Waals surface area (Å²) in [5.74, 6) is 0.0652. The van der Waals surface area contributed by atoms with E-state index in [-0.39, 0.29) is 17.4 Å². The average Bonchev–Trinajstić information content (AvgIpc) is 2.97. The van der Waals surface area contributed by atoms with Crippen molar-refractivity contribution in [1.82, 2.24) is 9.78 Å². The Balaban J connectivity index is 1.71. The largest absolute Gasteiger partial charge is 0.497 e. The third kappa shape index (κ3) is 4.34. The number of aryl methyl sites for hydroxylation is 1. The SMILES string of the molecule is COc1cccc(-n2nc(C)c(CCC(=O)Nc3ccc(F)c(Cl)c3)c2C)c1. The van der Waals surface area contributed by atoms with Crippen LogP contribution in [0, 0.1) is 19.7 Å². The van der Waals surface area contributed by atoms with E-state index in [1.807, 2.05) is 42.8 Å². The smallest absolute Gasteiger partial charge is 0.224 e. The summed E-state index contributed by atoms with van der Waals surface area (Å²) in [5.41, 5.74) is 4.24. The van der Waals surface area contributed by atoms with Gasteiger partial charge >= 0.3 is 0 Å². The molecule has 0 bridgehead atoms. The highest BCUT2D eigenvalue weighted by atomic mass is 35.5. The third-order valence-electron chi connectivity index (χ3n) is 4.54. The molecular formula is C21H21ClFN3O2. The number of amides is 1. The van der Waals surface area contributed by atoms with Gasteiger partial charge in [-0.15, -0.1) is 0 Å². The number of nitrogens with zero attached hydrogens (tertiary/aromatic N) is 2. The van der Waals surface area contributed by atoms with Crippen molar-refractivity contribution in [2.75, 3.05) is 12.4 Å². The Labute approximate surface area is 168 Å². The molecule has 0 saturated carbocycles. The summed E-state index contributed by atoms with van der Waals surface area (Å²) in [7, 11) is 1.62. The maximum Gasteiger partial charge on any atom is 0.224 e.